The van der Waals surface area contributed by atoms with Crippen LogP contribution in [-0.4, -0.2) is 27.7 Å². The molecule has 5 nitrogen and oxygen atoms in total. The van der Waals surface area contributed by atoms with Crippen LogP contribution in [0.1, 0.15) is 12.5 Å². The Morgan fingerprint density at radius 2 is 1.94 bits per heavy atom. The van der Waals surface area contributed by atoms with E-state index >= 15 is 0 Å². The maximum Gasteiger partial charge on any atom is 0.141 e. The van der Waals surface area contributed by atoms with E-state index < -0.39 is 0 Å². The monoisotopic (exact) mass is 216 g/mol. The third-order valence-electron chi connectivity index (χ3n) is 1.94. The maximum atomic E-state index is 5.34. The lowest BCUT2D eigenvalue weighted by molar-refractivity contribution is 0.340. The highest BCUT2D eigenvalue weighted by Gasteiger charge is 1.92. The van der Waals surface area contributed by atoms with Crippen LogP contribution in [0.25, 0.3) is 0 Å². The predicted molar refractivity (Wildman–Crippen MR) is 60.6 cm³/mol. The van der Waals surface area contributed by atoms with Crippen molar-refractivity contribution in [2.24, 2.45) is 5.10 Å². The van der Waals surface area contributed by atoms with Gasteiger partial charge in [-0.05, 0) is 36.8 Å². The number of benzene rings is 1. The second kappa shape index (κ2) is 5.06. The van der Waals surface area contributed by atoms with Crippen LogP contribution in [0.15, 0.2) is 42.0 Å². The molecule has 0 aliphatic rings. The van der Waals surface area contributed by atoms with Crippen molar-refractivity contribution < 1.29 is 4.74 Å². The minimum Gasteiger partial charge on any atom is -0.494 e. The van der Waals surface area contributed by atoms with Crippen LogP contribution in [0.2, 0.25) is 0 Å². The molecule has 1 heterocycles. The molecule has 1 aromatic heterocycles. The first kappa shape index (κ1) is 10.4. The largest absolute Gasteiger partial charge is 0.494 e. The van der Waals surface area contributed by atoms with Crippen molar-refractivity contribution in [1.82, 2.24) is 14.9 Å². The van der Waals surface area contributed by atoms with Crippen molar-refractivity contribution in [2.75, 3.05) is 6.61 Å². The average Bonchev–Trinajstić information content (AvgIpc) is 2.82. The summed E-state index contributed by atoms with van der Waals surface area (Å²) in [7, 11) is 0. The zero-order valence-corrected chi connectivity index (χ0v) is 8.95. The van der Waals surface area contributed by atoms with Crippen LogP contribution in [0.5, 0.6) is 5.75 Å². The molecule has 0 N–H and O–H groups in total. The van der Waals surface area contributed by atoms with Gasteiger partial charge in [0, 0.05) is 0 Å². The van der Waals surface area contributed by atoms with E-state index in [0.717, 1.165) is 11.3 Å². The van der Waals surface area contributed by atoms with Gasteiger partial charge in [-0.2, -0.15) is 5.10 Å². The van der Waals surface area contributed by atoms with Crippen LogP contribution in [-0.2, 0) is 0 Å². The van der Waals surface area contributed by atoms with E-state index in [1.807, 2.05) is 31.2 Å². The zero-order chi connectivity index (χ0) is 11.2. The van der Waals surface area contributed by atoms with Crippen LogP contribution in [0, 0.1) is 0 Å². The second-order valence-corrected chi connectivity index (χ2v) is 3.09. The van der Waals surface area contributed by atoms with Crippen LogP contribution >= 0.6 is 0 Å². The summed E-state index contributed by atoms with van der Waals surface area (Å²) in [6, 6.07) is 7.71. The molecular weight excluding hydrogens is 204 g/mol. The minimum absolute atomic E-state index is 0.675. The highest BCUT2D eigenvalue weighted by atomic mass is 16.5. The summed E-state index contributed by atoms with van der Waals surface area (Å²) in [5.74, 6) is 0.865. The van der Waals surface area contributed by atoms with Gasteiger partial charge in [0.2, 0.25) is 0 Å². The lowest BCUT2D eigenvalue weighted by Crippen LogP contribution is -1.92. The van der Waals surface area contributed by atoms with Crippen LogP contribution < -0.4 is 4.74 Å². The molecule has 16 heavy (non-hydrogen) atoms. The third kappa shape index (κ3) is 2.66. The number of rotatable bonds is 4. The summed E-state index contributed by atoms with van der Waals surface area (Å²) in [5, 5.41) is 11.4. The van der Waals surface area contributed by atoms with Crippen molar-refractivity contribution in [3.05, 3.63) is 42.5 Å². The molecule has 0 aliphatic heterocycles. The Labute approximate surface area is 93.4 Å². The van der Waals surface area contributed by atoms with Crippen molar-refractivity contribution in [1.29, 1.82) is 0 Å². The third-order valence-corrected chi connectivity index (χ3v) is 1.94. The van der Waals surface area contributed by atoms with E-state index in [9.17, 15) is 0 Å². The average molecular weight is 216 g/mol. The van der Waals surface area contributed by atoms with E-state index in [2.05, 4.69) is 15.3 Å². The standard InChI is InChI=1S/C11H12N4O/c1-2-16-11-5-3-10(4-6-11)7-14-15-8-12-13-9-15/h3-9H,2H2,1H3/b14-7+. The molecular formula is C11H12N4O. The molecule has 0 unspecified atom stereocenters. The van der Waals surface area contributed by atoms with Gasteiger partial charge in [0.1, 0.15) is 18.4 Å². The van der Waals surface area contributed by atoms with Crippen LogP contribution in [0.4, 0.5) is 0 Å². The Balaban J connectivity index is 2.05. The fourth-order valence-electron chi connectivity index (χ4n) is 1.21. The topological polar surface area (TPSA) is 52.3 Å². The highest BCUT2D eigenvalue weighted by Crippen LogP contribution is 2.10. The Kier molecular flexibility index (Phi) is 3.28. The molecule has 0 atom stereocenters. The Morgan fingerprint density at radius 3 is 2.56 bits per heavy atom. The van der Waals surface area contributed by atoms with Gasteiger partial charge in [0.25, 0.3) is 0 Å². The summed E-state index contributed by atoms with van der Waals surface area (Å²) in [5.41, 5.74) is 0.997. The van der Waals surface area contributed by atoms with E-state index in [1.54, 1.807) is 6.21 Å². The molecule has 5 heteroatoms. The van der Waals surface area contributed by atoms with E-state index in [-0.39, 0.29) is 0 Å². The molecule has 0 spiro atoms. The maximum absolute atomic E-state index is 5.34. The van der Waals surface area contributed by atoms with E-state index in [4.69, 9.17) is 4.74 Å². The summed E-state index contributed by atoms with van der Waals surface area (Å²) in [4.78, 5) is 0. The fraction of sp³-hybridized carbons (Fsp3) is 0.182. The molecule has 0 saturated heterocycles. The van der Waals surface area contributed by atoms with Crippen LogP contribution in [0.3, 0.4) is 0 Å². The Morgan fingerprint density at radius 1 is 1.25 bits per heavy atom. The van der Waals surface area contributed by atoms with Gasteiger partial charge < -0.3 is 4.74 Å². The number of aromatic nitrogens is 3. The Bertz CT molecular complexity index is 447. The van der Waals surface area contributed by atoms with E-state index in [1.165, 1.54) is 17.3 Å². The van der Waals surface area contributed by atoms with Crippen molar-refractivity contribution in [3.63, 3.8) is 0 Å². The number of nitrogens with zero attached hydrogens (tertiary/aromatic N) is 4. The summed E-state index contributed by atoms with van der Waals surface area (Å²) in [6.07, 6.45) is 4.80. The van der Waals surface area contributed by atoms with Gasteiger partial charge >= 0.3 is 0 Å². The zero-order valence-electron chi connectivity index (χ0n) is 8.95. The van der Waals surface area contributed by atoms with Gasteiger partial charge in [-0.15, -0.1) is 10.2 Å². The van der Waals surface area contributed by atoms with Crippen molar-refractivity contribution >= 4 is 6.21 Å². The Hall–Kier alpha value is -2.17. The van der Waals surface area contributed by atoms with Crippen molar-refractivity contribution in [2.45, 2.75) is 6.92 Å². The number of hydrogen-bond acceptors (Lipinski definition) is 4. The van der Waals surface area contributed by atoms with E-state index in [0.29, 0.717) is 6.61 Å². The van der Waals surface area contributed by atoms with Crippen molar-refractivity contribution in [3.8, 4) is 5.75 Å². The molecule has 1 aromatic carbocycles. The van der Waals surface area contributed by atoms with Gasteiger partial charge in [0.05, 0.1) is 12.8 Å². The first-order valence-corrected chi connectivity index (χ1v) is 5.00. The summed E-state index contributed by atoms with van der Waals surface area (Å²) < 4.78 is 6.88. The molecule has 0 aliphatic carbocycles. The predicted octanol–water partition coefficient (Wildman–Crippen LogP) is 1.56. The number of hydrogen-bond donors (Lipinski definition) is 0. The highest BCUT2D eigenvalue weighted by molar-refractivity contribution is 5.79. The molecule has 0 saturated carbocycles. The SMILES string of the molecule is CCOc1ccc(/C=N/n2cnnc2)cc1. The molecule has 82 valence electrons. The normalized spacial score (nSPS) is 10.8. The molecule has 2 rings (SSSR count). The molecule has 0 fully saturated rings. The summed E-state index contributed by atoms with van der Waals surface area (Å²) >= 11 is 0. The second-order valence-electron chi connectivity index (χ2n) is 3.09. The fourth-order valence-corrected chi connectivity index (χ4v) is 1.21. The van der Waals surface area contributed by atoms with Gasteiger partial charge in [-0.25, -0.2) is 4.68 Å². The van der Waals surface area contributed by atoms with Gasteiger partial charge in [0.15, 0.2) is 0 Å². The lowest BCUT2D eigenvalue weighted by atomic mass is 10.2. The smallest absolute Gasteiger partial charge is 0.141 e. The molecule has 2 aromatic rings. The molecule has 0 bridgehead atoms. The minimum atomic E-state index is 0.675. The molecule has 0 amide bonds. The first-order valence-electron chi connectivity index (χ1n) is 5.00. The number of ether oxygens (including phenoxy) is 1. The summed E-state index contributed by atoms with van der Waals surface area (Å²) in [6.45, 7) is 2.63. The first-order chi connectivity index (χ1) is 7.88. The lowest BCUT2D eigenvalue weighted by Gasteiger charge is -2.01. The molecule has 0 radical (unpaired) electrons. The quantitative estimate of drug-likeness (QED) is 0.729. The van der Waals surface area contributed by atoms with Gasteiger partial charge in [-0.3, -0.25) is 0 Å². The van der Waals surface area contributed by atoms with Gasteiger partial charge in [-0.1, -0.05) is 0 Å².